The number of unbranched alkanes of at least 4 members (excludes halogenated alkanes) is 9. The highest BCUT2D eigenvalue weighted by Gasteiger charge is 2.20. The summed E-state index contributed by atoms with van der Waals surface area (Å²) in [4.78, 5) is 10.4. The third-order valence-corrected chi connectivity index (χ3v) is 4.31. The lowest BCUT2D eigenvalue weighted by Crippen LogP contribution is -1.99. The first-order valence-electron chi connectivity index (χ1n) is 9.26. The van der Waals surface area contributed by atoms with Gasteiger partial charge < -0.3 is 4.74 Å². The molecule has 0 unspecified atom stereocenters. The van der Waals surface area contributed by atoms with Crippen molar-refractivity contribution in [3.8, 4) is 5.75 Å². The molecule has 7 heteroatoms. The van der Waals surface area contributed by atoms with Gasteiger partial charge in [-0.05, 0) is 22.8 Å². The Labute approximate surface area is 147 Å². The molecule has 0 bridgehead atoms. The van der Waals surface area contributed by atoms with E-state index >= 15 is 0 Å². The molecule has 138 valence electrons. The zero-order valence-corrected chi connectivity index (χ0v) is 14.9. The predicted molar refractivity (Wildman–Crippen MR) is 95.8 cm³/mol. The van der Waals surface area contributed by atoms with Crippen LogP contribution in [0.5, 0.6) is 5.75 Å². The molecule has 0 saturated heterocycles. The number of hydrogen-bond donors (Lipinski definition) is 0. The highest BCUT2D eigenvalue weighted by molar-refractivity contribution is 5.88. The van der Waals surface area contributed by atoms with Gasteiger partial charge in [0.2, 0.25) is 5.52 Å². The number of hydrogen-bond acceptors (Lipinski definition) is 6. The Hall–Kier alpha value is -2.18. The van der Waals surface area contributed by atoms with Crippen LogP contribution in [0.25, 0.3) is 11.0 Å². The van der Waals surface area contributed by atoms with E-state index in [9.17, 15) is 10.1 Å². The first kappa shape index (κ1) is 19.1. The summed E-state index contributed by atoms with van der Waals surface area (Å²) in [6, 6.07) is 2.93. The van der Waals surface area contributed by atoms with E-state index in [1.807, 2.05) is 0 Å². The molecule has 0 N–H and O–H groups in total. The van der Waals surface area contributed by atoms with Crippen LogP contribution in [0.2, 0.25) is 0 Å². The Kier molecular flexibility index (Phi) is 8.15. The van der Waals surface area contributed by atoms with Crippen molar-refractivity contribution in [1.82, 2.24) is 10.3 Å². The van der Waals surface area contributed by atoms with Crippen molar-refractivity contribution in [2.75, 3.05) is 6.61 Å². The minimum absolute atomic E-state index is 0.123. The summed E-state index contributed by atoms with van der Waals surface area (Å²) in [5.74, 6) is 0.484. The fourth-order valence-corrected chi connectivity index (χ4v) is 2.87. The molecule has 0 aliphatic carbocycles. The van der Waals surface area contributed by atoms with E-state index in [0.717, 1.165) is 12.8 Å². The largest absolute Gasteiger partial charge is 0.491 e. The summed E-state index contributed by atoms with van der Waals surface area (Å²) in [6.45, 7) is 2.80. The molecular weight excluding hydrogens is 322 g/mol. The minimum Gasteiger partial charge on any atom is -0.491 e. The van der Waals surface area contributed by atoms with E-state index in [-0.39, 0.29) is 11.2 Å². The molecule has 2 aromatic rings. The van der Waals surface area contributed by atoms with E-state index in [4.69, 9.17) is 4.74 Å². The van der Waals surface area contributed by atoms with Gasteiger partial charge in [0.15, 0.2) is 11.3 Å². The van der Waals surface area contributed by atoms with Crippen LogP contribution in [0.15, 0.2) is 16.8 Å². The van der Waals surface area contributed by atoms with Gasteiger partial charge in [-0.2, -0.15) is 0 Å². The van der Waals surface area contributed by atoms with Crippen LogP contribution in [-0.4, -0.2) is 21.8 Å². The van der Waals surface area contributed by atoms with Crippen molar-refractivity contribution in [2.24, 2.45) is 0 Å². The highest BCUT2D eigenvalue weighted by Crippen LogP contribution is 2.30. The maximum Gasteiger partial charge on any atom is 0.301 e. The second-order valence-corrected chi connectivity index (χ2v) is 6.33. The van der Waals surface area contributed by atoms with E-state index in [1.165, 1.54) is 57.4 Å². The summed E-state index contributed by atoms with van der Waals surface area (Å²) in [7, 11) is 0. The number of benzene rings is 1. The maximum atomic E-state index is 10.9. The quantitative estimate of drug-likeness (QED) is 0.272. The molecule has 0 amide bonds. The molecule has 0 aliphatic rings. The number of nitro groups is 1. The fourth-order valence-electron chi connectivity index (χ4n) is 2.87. The van der Waals surface area contributed by atoms with Gasteiger partial charge in [-0.3, -0.25) is 10.1 Å². The molecule has 1 aromatic heterocycles. The first-order valence-corrected chi connectivity index (χ1v) is 9.26. The normalized spacial score (nSPS) is 11.1. The molecule has 0 saturated carbocycles. The lowest BCUT2D eigenvalue weighted by Gasteiger charge is -2.06. The molecule has 0 atom stereocenters. The summed E-state index contributed by atoms with van der Waals surface area (Å²) in [6.07, 6.45) is 12.6. The van der Waals surface area contributed by atoms with Gasteiger partial charge in [0, 0.05) is 6.07 Å². The van der Waals surface area contributed by atoms with E-state index in [2.05, 4.69) is 21.9 Å². The standard InChI is InChI=1S/C18H27N3O4/c1-2-3-4-5-6-7-8-9-10-11-14-24-16-13-12-15(21(22)23)17-18(16)20-25-19-17/h12-13H,2-11,14H2,1H3. The zero-order chi connectivity index (χ0) is 17.9. The maximum absolute atomic E-state index is 10.9. The minimum atomic E-state index is -0.501. The van der Waals surface area contributed by atoms with Crippen LogP contribution in [-0.2, 0) is 0 Å². The van der Waals surface area contributed by atoms with Gasteiger partial charge >= 0.3 is 5.69 Å². The number of aromatic nitrogens is 2. The monoisotopic (exact) mass is 349 g/mol. The molecule has 25 heavy (non-hydrogen) atoms. The van der Waals surface area contributed by atoms with Gasteiger partial charge in [-0.25, -0.2) is 4.63 Å². The van der Waals surface area contributed by atoms with Crippen LogP contribution in [0, 0.1) is 10.1 Å². The van der Waals surface area contributed by atoms with Crippen molar-refractivity contribution in [3.63, 3.8) is 0 Å². The zero-order valence-electron chi connectivity index (χ0n) is 14.9. The van der Waals surface area contributed by atoms with E-state index in [0.29, 0.717) is 17.9 Å². The number of rotatable bonds is 13. The van der Waals surface area contributed by atoms with Gasteiger partial charge in [0.25, 0.3) is 0 Å². The predicted octanol–water partition coefficient (Wildman–Crippen LogP) is 5.43. The molecule has 0 radical (unpaired) electrons. The number of nitro benzene ring substituents is 1. The van der Waals surface area contributed by atoms with Crippen molar-refractivity contribution in [3.05, 3.63) is 22.2 Å². The average Bonchev–Trinajstić information content (AvgIpc) is 3.09. The summed E-state index contributed by atoms with van der Waals surface area (Å²) >= 11 is 0. The van der Waals surface area contributed by atoms with Crippen LogP contribution >= 0.6 is 0 Å². The number of non-ortho nitro benzene ring substituents is 1. The Balaban J connectivity index is 1.63. The molecule has 2 rings (SSSR count). The summed E-state index contributed by atoms with van der Waals surface area (Å²) in [5.41, 5.74) is 0.314. The first-order chi connectivity index (χ1) is 12.2. The molecule has 7 nitrogen and oxygen atoms in total. The number of nitrogens with zero attached hydrogens (tertiary/aromatic N) is 3. The fraction of sp³-hybridized carbons (Fsp3) is 0.667. The van der Waals surface area contributed by atoms with Crippen molar-refractivity contribution in [2.45, 2.75) is 71.1 Å². The third-order valence-electron chi connectivity index (χ3n) is 4.31. The van der Waals surface area contributed by atoms with Gasteiger partial charge in [0.05, 0.1) is 11.5 Å². The third kappa shape index (κ3) is 5.99. The second kappa shape index (κ2) is 10.6. The van der Waals surface area contributed by atoms with Crippen LogP contribution in [0.3, 0.4) is 0 Å². The molecule has 0 aliphatic heterocycles. The molecule has 0 spiro atoms. The Morgan fingerprint density at radius 1 is 0.960 bits per heavy atom. The van der Waals surface area contributed by atoms with Crippen LogP contribution in [0.1, 0.15) is 71.1 Å². The van der Waals surface area contributed by atoms with Crippen molar-refractivity contribution < 1.29 is 14.3 Å². The Morgan fingerprint density at radius 3 is 2.20 bits per heavy atom. The Bertz CT molecular complexity index is 657. The van der Waals surface area contributed by atoms with Crippen molar-refractivity contribution in [1.29, 1.82) is 0 Å². The molecule has 1 heterocycles. The summed E-state index contributed by atoms with van der Waals surface area (Å²) in [5, 5.41) is 18.3. The van der Waals surface area contributed by atoms with Gasteiger partial charge in [0.1, 0.15) is 0 Å². The molecular formula is C18H27N3O4. The van der Waals surface area contributed by atoms with Crippen molar-refractivity contribution >= 4 is 16.7 Å². The lowest BCUT2D eigenvalue weighted by atomic mass is 10.1. The van der Waals surface area contributed by atoms with Gasteiger partial charge in [-0.15, -0.1) is 0 Å². The Morgan fingerprint density at radius 2 is 1.56 bits per heavy atom. The number of fused-ring (bicyclic) bond motifs is 1. The average molecular weight is 349 g/mol. The lowest BCUT2D eigenvalue weighted by molar-refractivity contribution is -0.383. The van der Waals surface area contributed by atoms with Crippen LogP contribution < -0.4 is 4.74 Å². The topological polar surface area (TPSA) is 91.3 Å². The van der Waals surface area contributed by atoms with E-state index in [1.54, 1.807) is 6.07 Å². The highest BCUT2D eigenvalue weighted by atomic mass is 16.6. The number of ether oxygens (including phenoxy) is 1. The summed E-state index contributed by atoms with van der Waals surface area (Å²) < 4.78 is 10.3. The molecule has 0 fully saturated rings. The van der Waals surface area contributed by atoms with Crippen LogP contribution in [0.4, 0.5) is 5.69 Å². The smallest absolute Gasteiger partial charge is 0.301 e. The van der Waals surface area contributed by atoms with E-state index < -0.39 is 4.92 Å². The SMILES string of the molecule is CCCCCCCCCCCCOc1ccc([N+](=O)[O-])c2nonc12. The molecule has 1 aromatic carbocycles. The van der Waals surface area contributed by atoms with Gasteiger partial charge in [-0.1, -0.05) is 64.7 Å². The second-order valence-electron chi connectivity index (χ2n) is 6.33.